The fraction of sp³-hybridized carbons (Fsp3) is 0.529. The van der Waals surface area contributed by atoms with Crippen LogP contribution >= 0.6 is 11.8 Å². The number of aliphatic hydroxyl groups is 1. The number of thioether (sulfide) groups is 1. The molecule has 0 bridgehead atoms. The minimum absolute atomic E-state index is 0.134. The monoisotopic (exact) mass is 305 g/mol. The molecule has 0 spiro atoms. The highest BCUT2D eigenvalue weighted by atomic mass is 32.2. The summed E-state index contributed by atoms with van der Waals surface area (Å²) in [6, 6.07) is 6.12. The lowest BCUT2D eigenvalue weighted by molar-refractivity contribution is 0.252. The molecule has 1 saturated heterocycles. The highest BCUT2D eigenvalue weighted by molar-refractivity contribution is 8.00. The Morgan fingerprint density at radius 2 is 2.24 bits per heavy atom. The zero-order valence-corrected chi connectivity index (χ0v) is 13.8. The highest BCUT2D eigenvalue weighted by Gasteiger charge is 2.26. The second kappa shape index (κ2) is 7.22. The number of hydrogen-bond acceptors (Lipinski definition) is 4. The molecular weight excluding hydrogens is 282 g/mol. The van der Waals surface area contributed by atoms with E-state index in [9.17, 15) is 0 Å². The molecule has 114 valence electrons. The number of aliphatic hydroxyl groups excluding tert-OH is 1. The number of benzene rings is 1. The standard InChI is InChI=1S/C17H23NO2S/c1-17(2)13-18(8-10-21-17)12-14-6-7-16(20-3)15(11-14)5-4-9-19/h6-7,11,19H,8-10,12-13H2,1-3H3. The summed E-state index contributed by atoms with van der Waals surface area (Å²) in [6.45, 7) is 7.62. The van der Waals surface area contributed by atoms with Gasteiger partial charge in [-0.2, -0.15) is 11.8 Å². The molecule has 3 nitrogen and oxygen atoms in total. The highest BCUT2D eigenvalue weighted by Crippen LogP contribution is 2.30. The van der Waals surface area contributed by atoms with Crippen molar-refractivity contribution in [2.45, 2.75) is 25.1 Å². The molecule has 1 fully saturated rings. The van der Waals surface area contributed by atoms with E-state index >= 15 is 0 Å². The summed E-state index contributed by atoms with van der Waals surface area (Å²) in [5.74, 6) is 7.59. The quantitative estimate of drug-likeness (QED) is 0.869. The third-order valence-electron chi connectivity index (χ3n) is 3.48. The number of rotatable bonds is 3. The lowest BCUT2D eigenvalue weighted by Gasteiger charge is -2.37. The molecule has 0 saturated carbocycles. The largest absolute Gasteiger partial charge is 0.495 e. The maximum atomic E-state index is 8.85. The van der Waals surface area contributed by atoms with Crippen LogP contribution in [0.5, 0.6) is 5.75 Å². The summed E-state index contributed by atoms with van der Waals surface area (Å²) in [4.78, 5) is 2.49. The molecule has 1 aliphatic heterocycles. The van der Waals surface area contributed by atoms with E-state index in [-0.39, 0.29) is 6.61 Å². The van der Waals surface area contributed by atoms with Crippen LogP contribution in [-0.2, 0) is 6.54 Å². The molecule has 1 N–H and O–H groups in total. The van der Waals surface area contributed by atoms with Gasteiger partial charge in [0.1, 0.15) is 12.4 Å². The fourth-order valence-corrected chi connectivity index (χ4v) is 3.77. The summed E-state index contributed by atoms with van der Waals surface area (Å²) in [7, 11) is 1.64. The van der Waals surface area contributed by atoms with E-state index in [2.05, 4.69) is 42.7 Å². The van der Waals surface area contributed by atoms with Crippen LogP contribution in [0, 0.1) is 11.8 Å². The van der Waals surface area contributed by atoms with E-state index in [0.29, 0.717) is 4.75 Å². The van der Waals surface area contributed by atoms with Crippen LogP contribution in [0.15, 0.2) is 18.2 Å². The third-order valence-corrected chi connectivity index (χ3v) is 4.77. The van der Waals surface area contributed by atoms with Crippen molar-refractivity contribution in [3.05, 3.63) is 29.3 Å². The van der Waals surface area contributed by atoms with Gasteiger partial charge in [-0.15, -0.1) is 0 Å². The Balaban J connectivity index is 2.13. The number of ether oxygens (including phenoxy) is 1. The molecule has 21 heavy (non-hydrogen) atoms. The van der Waals surface area contributed by atoms with E-state index in [1.807, 2.05) is 17.8 Å². The topological polar surface area (TPSA) is 32.7 Å². The summed E-state index contributed by atoms with van der Waals surface area (Å²) < 4.78 is 5.64. The minimum atomic E-state index is -0.134. The van der Waals surface area contributed by atoms with E-state index < -0.39 is 0 Å². The van der Waals surface area contributed by atoms with Gasteiger partial charge in [-0.1, -0.05) is 17.9 Å². The molecule has 1 aliphatic rings. The van der Waals surface area contributed by atoms with Crippen LogP contribution in [0.4, 0.5) is 0 Å². The first-order chi connectivity index (χ1) is 10.0. The summed E-state index contributed by atoms with van der Waals surface area (Å²) in [6.07, 6.45) is 0. The molecule has 0 atom stereocenters. The summed E-state index contributed by atoms with van der Waals surface area (Å²) in [5, 5.41) is 8.85. The molecule has 0 aromatic heterocycles. The predicted molar refractivity (Wildman–Crippen MR) is 88.8 cm³/mol. The normalized spacial score (nSPS) is 17.9. The van der Waals surface area contributed by atoms with Gasteiger partial charge < -0.3 is 9.84 Å². The van der Waals surface area contributed by atoms with Crippen LogP contribution in [0.1, 0.15) is 25.0 Å². The number of nitrogens with zero attached hydrogens (tertiary/aromatic N) is 1. The average Bonchev–Trinajstić information content (AvgIpc) is 2.44. The summed E-state index contributed by atoms with van der Waals surface area (Å²) in [5.41, 5.74) is 2.08. The van der Waals surface area contributed by atoms with E-state index in [4.69, 9.17) is 9.84 Å². The Morgan fingerprint density at radius 3 is 2.90 bits per heavy atom. The van der Waals surface area contributed by atoms with Crippen molar-refractivity contribution in [3.63, 3.8) is 0 Å². The molecule has 1 heterocycles. The molecule has 2 rings (SSSR count). The van der Waals surface area contributed by atoms with Crippen molar-refractivity contribution in [1.29, 1.82) is 0 Å². The zero-order chi connectivity index (χ0) is 15.3. The van der Waals surface area contributed by atoms with Gasteiger partial charge in [0, 0.05) is 30.1 Å². The van der Waals surface area contributed by atoms with Crippen molar-refractivity contribution in [1.82, 2.24) is 4.90 Å². The Morgan fingerprint density at radius 1 is 1.43 bits per heavy atom. The first-order valence-corrected chi connectivity index (χ1v) is 8.15. The maximum Gasteiger partial charge on any atom is 0.134 e. The van der Waals surface area contributed by atoms with Gasteiger partial charge in [0.05, 0.1) is 12.7 Å². The SMILES string of the molecule is COc1ccc(CN2CCSC(C)(C)C2)cc1C#CCO. The summed E-state index contributed by atoms with van der Waals surface area (Å²) >= 11 is 2.04. The van der Waals surface area contributed by atoms with Crippen LogP contribution in [-0.4, -0.2) is 47.3 Å². The first-order valence-electron chi connectivity index (χ1n) is 7.17. The molecule has 0 unspecified atom stereocenters. The van der Waals surface area contributed by atoms with E-state index in [1.54, 1.807) is 7.11 Å². The van der Waals surface area contributed by atoms with Crippen LogP contribution < -0.4 is 4.74 Å². The number of methoxy groups -OCH3 is 1. The van der Waals surface area contributed by atoms with Crippen molar-refractivity contribution in [3.8, 4) is 17.6 Å². The predicted octanol–water partition coefficient (Wildman–Crippen LogP) is 2.37. The van der Waals surface area contributed by atoms with Gasteiger partial charge >= 0.3 is 0 Å². The molecule has 0 radical (unpaired) electrons. The molecule has 0 aliphatic carbocycles. The van der Waals surface area contributed by atoms with Crippen molar-refractivity contribution in [2.24, 2.45) is 0 Å². The molecule has 1 aromatic rings. The molecule has 1 aromatic carbocycles. The maximum absolute atomic E-state index is 8.85. The Labute approximate surface area is 131 Å². The Kier molecular flexibility index (Phi) is 5.58. The third kappa shape index (κ3) is 4.67. The smallest absolute Gasteiger partial charge is 0.134 e. The van der Waals surface area contributed by atoms with Gasteiger partial charge in [-0.05, 0) is 31.5 Å². The second-order valence-electron chi connectivity index (χ2n) is 5.81. The van der Waals surface area contributed by atoms with Gasteiger partial charge in [-0.25, -0.2) is 0 Å². The van der Waals surface area contributed by atoms with Crippen LogP contribution in [0.25, 0.3) is 0 Å². The van der Waals surface area contributed by atoms with Gasteiger partial charge in [0.2, 0.25) is 0 Å². The lowest BCUT2D eigenvalue weighted by Crippen LogP contribution is -2.42. The van der Waals surface area contributed by atoms with Gasteiger partial charge in [0.25, 0.3) is 0 Å². The Bertz CT molecular complexity index is 545. The second-order valence-corrected chi connectivity index (χ2v) is 7.62. The van der Waals surface area contributed by atoms with Crippen LogP contribution in [0.2, 0.25) is 0 Å². The first kappa shape index (κ1) is 16.2. The molecular formula is C17H23NO2S. The van der Waals surface area contributed by atoms with Crippen LogP contribution in [0.3, 0.4) is 0 Å². The van der Waals surface area contributed by atoms with Crippen molar-refractivity contribution < 1.29 is 9.84 Å². The number of hydrogen-bond donors (Lipinski definition) is 1. The fourth-order valence-electron chi connectivity index (χ4n) is 2.59. The minimum Gasteiger partial charge on any atom is -0.495 e. The average molecular weight is 305 g/mol. The van der Waals surface area contributed by atoms with Crippen molar-refractivity contribution >= 4 is 11.8 Å². The molecule has 0 amide bonds. The zero-order valence-electron chi connectivity index (χ0n) is 13.0. The van der Waals surface area contributed by atoms with Crippen molar-refractivity contribution in [2.75, 3.05) is 32.6 Å². The van der Waals surface area contributed by atoms with Gasteiger partial charge in [-0.3, -0.25) is 4.90 Å². The van der Waals surface area contributed by atoms with E-state index in [1.165, 1.54) is 11.3 Å². The molecule has 4 heteroatoms. The Hall–Kier alpha value is -1.15. The lowest BCUT2D eigenvalue weighted by atomic mass is 10.1. The van der Waals surface area contributed by atoms with E-state index in [0.717, 1.165) is 30.9 Å². The van der Waals surface area contributed by atoms with Gasteiger partial charge in [0.15, 0.2) is 0 Å².